The minimum absolute atomic E-state index is 0.0789. The van der Waals surface area contributed by atoms with Crippen molar-refractivity contribution in [2.75, 3.05) is 20.8 Å². The molecule has 18 N–H and O–H groups in total. The first-order valence-corrected chi connectivity index (χ1v) is 29.1. The maximum atomic E-state index is 15.8. The van der Waals surface area contributed by atoms with Crippen LogP contribution in [-0.4, -0.2) is 169 Å². The van der Waals surface area contributed by atoms with Crippen LogP contribution in [0.5, 0.6) is 46.0 Å². The normalized spacial score (nSPS) is 26.1. The molecule has 5 aromatic carbocycles. The number of phenols is 2. The van der Waals surface area contributed by atoms with Crippen LogP contribution in [0, 0.1) is 5.92 Å². The number of carbonyl (C=O) groups is 8. The zero-order valence-corrected chi connectivity index (χ0v) is 50.5. The number of rotatable bonds is 12. The van der Waals surface area contributed by atoms with Gasteiger partial charge >= 0.3 is 5.97 Å². The van der Waals surface area contributed by atoms with Gasteiger partial charge in [0.05, 0.1) is 36.2 Å². The molecule has 490 valence electrons. The van der Waals surface area contributed by atoms with E-state index in [1.807, 2.05) is 13.8 Å². The summed E-state index contributed by atoms with van der Waals surface area (Å²) in [7, 11) is 2.66. The highest BCUT2D eigenvalue weighted by atomic mass is 35.5. The van der Waals surface area contributed by atoms with Crippen LogP contribution in [0.1, 0.15) is 84.8 Å². The molecule has 11 bridgehead atoms. The molecule has 0 radical (unpaired) electrons. The molecule has 32 heteroatoms. The van der Waals surface area contributed by atoms with Gasteiger partial charge in [0.15, 0.2) is 17.5 Å². The Labute approximate surface area is 531 Å². The number of likely N-dealkylation sites (N-methyl/N-ethyl adjacent to an activating group) is 1. The lowest BCUT2D eigenvalue weighted by Gasteiger charge is -2.39. The largest absolute Gasteiger partial charge is 0.507 e. The van der Waals surface area contributed by atoms with E-state index in [1.165, 1.54) is 26.3 Å². The van der Waals surface area contributed by atoms with E-state index >= 15 is 14.4 Å². The molecular weight excluding hydrogens is 1260 g/mol. The van der Waals surface area contributed by atoms with E-state index in [0.717, 1.165) is 66.7 Å². The minimum Gasteiger partial charge on any atom is -0.507 e. The molecule has 30 nitrogen and oxygen atoms in total. The van der Waals surface area contributed by atoms with E-state index in [2.05, 4.69) is 37.2 Å². The Kier molecular flexibility index (Phi) is 20.3. The predicted molar refractivity (Wildman–Crippen MR) is 318 cm³/mol. The van der Waals surface area contributed by atoms with Crippen molar-refractivity contribution in [2.45, 2.75) is 112 Å². The number of nitrogens with one attached hydrogen (secondary N) is 7. The molecule has 0 saturated carbocycles. The maximum Gasteiger partial charge on any atom is 0.330 e. The zero-order valence-electron chi connectivity index (χ0n) is 49.0. The lowest BCUT2D eigenvalue weighted by molar-refractivity contribution is -0.277. The summed E-state index contributed by atoms with van der Waals surface area (Å²) in [5, 5.41) is 118. The number of amides is 7. The Morgan fingerprint density at radius 2 is 1.27 bits per heavy atom. The van der Waals surface area contributed by atoms with Crippen LogP contribution in [0.4, 0.5) is 0 Å². The summed E-state index contributed by atoms with van der Waals surface area (Å²) in [4.78, 5) is 116. The summed E-state index contributed by atoms with van der Waals surface area (Å²) in [5.41, 5.74) is 3.29. The summed E-state index contributed by atoms with van der Waals surface area (Å²) in [5.74, 6) is -14.8. The SMILES string of the molecule is CN[C@H](CC(C)C)C(=O)N[C@H]1C(=O)N[C@@H](CC(N)=O)C(=O)N[C@H]2C(=O)N[C@H]3C(=O)N[C@H](C(=O)N[C@H](C(=O)O)c4cc(OC)cc(O)c4-c4cc3ccc4O)[C@H](O)c3ccc(c(Cl)c3)Oc3cc2cc(c3O[C@@H]2O[C@H](CO)[C@@H](O)[C@H](O)[C@H]2O)Oc2ccc(cc2Cl)[C@H]1O. The van der Waals surface area contributed by atoms with Gasteiger partial charge in [0, 0.05) is 22.8 Å². The lowest BCUT2D eigenvalue weighted by atomic mass is 9.89. The molecule has 92 heavy (non-hydrogen) atoms. The van der Waals surface area contributed by atoms with Crippen molar-refractivity contribution < 1.29 is 108 Å². The van der Waals surface area contributed by atoms with E-state index in [9.17, 15) is 69.9 Å². The van der Waals surface area contributed by atoms with E-state index in [0.29, 0.717) is 0 Å². The number of primary amides is 1. The van der Waals surface area contributed by atoms with Gasteiger partial charge in [0.2, 0.25) is 53.4 Å². The number of hydrogen-bond acceptors (Lipinski definition) is 22. The number of aromatic hydroxyl groups is 2. The van der Waals surface area contributed by atoms with E-state index in [4.69, 9.17) is 52.6 Å². The van der Waals surface area contributed by atoms with Crippen LogP contribution in [-0.2, 0) is 43.1 Å². The number of carboxylic acid groups (broad SMARTS) is 1. The molecule has 7 amide bonds. The number of methoxy groups -OCH3 is 1. The van der Waals surface area contributed by atoms with E-state index < -0.39 is 202 Å². The van der Waals surface area contributed by atoms with Crippen LogP contribution in [0.3, 0.4) is 0 Å². The Balaban J connectivity index is 1.32. The van der Waals surface area contributed by atoms with Gasteiger partial charge in [-0.05, 0) is 96.2 Å². The second-order valence-electron chi connectivity index (χ2n) is 22.4. The van der Waals surface area contributed by atoms with Crippen molar-refractivity contribution in [3.05, 3.63) is 117 Å². The van der Waals surface area contributed by atoms with Crippen LogP contribution in [0.25, 0.3) is 11.1 Å². The summed E-state index contributed by atoms with van der Waals surface area (Å²) >= 11 is 13.9. The number of carboxylic acids is 1. The summed E-state index contributed by atoms with van der Waals surface area (Å²) in [6, 6.07) is 0.338. The fourth-order valence-corrected chi connectivity index (χ4v) is 11.3. The number of benzene rings is 5. The molecule has 11 rings (SSSR count). The van der Waals surface area contributed by atoms with Crippen molar-refractivity contribution in [3.63, 3.8) is 0 Å². The number of hydrogen-bond donors (Lipinski definition) is 17. The van der Waals surface area contributed by atoms with E-state index in [-0.39, 0.29) is 51.3 Å². The molecule has 0 aromatic heterocycles. The molecule has 6 aliphatic heterocycles. The number of ether oxygens (including phenoxy) is 5. The molecule has 0 aliphatic carbocycles. The number of aliphatic carboxylic acids is 1. The second kappa shape index (κ2) is 27.8. The highest BCUT2D eigenvalue weighted by Gasteiger charge is 2.47. The summed E-state index contributed by atoms with van der Waals surface area (Å²) in [6.07, 6.45) is -14.8. The van der Waals surface area contributed by atoms with Crippen molar-refractivity contribution in [1.29, 1.82) is 0 Å². The Morgan fingerprint density at radius 3 is 1.85 bits per heavy atom. The first kappa shape index (κ1) is 67.3. The molecule has 5 aromatic rings. The standard InChI is InChI=1S/C60H64Cl2N8O22/c1-21(2)11-31(64-3)53(80)69-45-47(75)23-6-9-35(29(61)13-23)89-37-15-25-16-38(52(37)92-60-51(79)50(78)49(77)39(20-71)91-60)90-36-10-7-24(14-30(36)62)48(76)46-58(85)68-44(59(86)87)28-17-26(88-4)18-34(73)41(28)27-12-22(5-8-33(27)72)42(55(82)70-46)67-56(83)43(25)66-54(81)32(19-40(63)74)65-57(45)84/h5-10,12-18,21,31-32,39,42-51,60,64,71-73,75-79H,11,19-20H2,1-4H3,(H2,63,74)(H,65,84)(H,66,81)(H,67,83)(H,68,85)(H,69,80)(H,70,82)(H,86,87)/t31-,32+,39-,42-,43-,44+,45-,46+,47-,48-,49-,50+,51-,60+/m1/s1. The first-order valence-electron chi connectivity index (χ1n) is 28.3. The molecule has 0 spiro atoms. The molecule has 1 fully saturated rings. The highest BCUT2D eigenvalue weighted by Crippen LogP contribution is 2.49. The number of phenolic OH excluding ortho intramolecular Hbond substituents is 2. The predicted octanol–water partition coefficient (Wildman–Crippen LogP) is 0.172. The number of aliphatic hydroxyl groups is 6. The average Bonchev–Trinajstić information content (AvgIpc) is 0.786. The van der Waals surface area contributed by atoms with Gasteiger partial charge < -0.3 is 113 Å². The molecule has 1 saturated heterocycles. The van der Waals surface area contributed by atoms with Crippen LogP contribution in [0.15, 0.2) is 78.9 Å². The third-order valence-corrected chi connectivity index (χ3v) is 16.2. The zero-order chi connectivity index (χ0) is 66.9. The second-order valence-corrected chi connectivity index (χ2v) is 23.2. The van der Waals surface area contributed by atoms with Gasteiger partial charge in [-0.1, -0.05) is 55.2 Å². The third kappa shape index (κ3) is 14.0. The van der Waals surface area contributed by atoms with Crippen molar-refractivity contribution in [1.82, 2.24) is 37.2 Å². The van der Waals surface area contributed by atoms with Gasteiger partial charge in [-0.2, -0.15) is 0 Å². The van der Waals surface area contributed by atoms with Crippen LogP contribution >= 0.6 is 23.2 Å². The topological polar surface area (TPSA) is 475 Å². The molecular formula is C60H64Cl2N8O22. The number of nitrogens with two attached hydrogens (primary N) is 1. The monoisotopic (exact) mass is 1320 g/mol. The quantitative estimate of drug-likeness (QED) is 0.0792. The Bertz CT molecular complexity index is 3750. The molecule has 0 unspecified atom stereocenters. The van der Waals surface area contributed by atoms with Crippen molar-refractivity contribution in [3.8, 4) is 57.1 Å². The Morgan fingerprint density at radius 1 is 0.674 bits per heavy atom. The first-order chi connectivity index (χ1) is 43.6. The number of carbonyl (C=O) groups excluding carboxylic acids is 7. The number of halogens is 2. The Hall–Kier alpha value is -9.08. The fourth-order valence-electron chi connectivity index (χ4n) is 10.8. The smallest absolute Gasteiger partial charge is 0.330 e. The molecule has 6 heterocycles. The number of fused-ring (bicyclic) bond motifs is 15. The summed E-state index contributed by atoms with van der Waals surface area (Å²) < 4.78 is 30.2. The van der Waals surface area contributed by atoms with Gasteiger partial charge in [-0.3, -0.25) is 33.6 Å². The van der Waals surface area contributed by atoms with Gasteiger partial charge in [-0.25, -0.2) is 4.79 Å². The van der Waals surface area contributed by atoms with Crippen molar-refractivity contribution in [2.24, 2.45) is 11.7 Å². The minimum atomic E-state index is -2.30. The van der Waals surface area contributed by atoms with Gasteiger partial charge in [-0.15, -0.1) is 0 Å². The van der Waals surface area contributed by atoms with Crippen LogP contribution in [0.2, 0.25) is 10.0 Å². The fraction of sp³-hybridized carbons (Fsp3) is 0.367. The van der Waals surface area contributed by atoms with Gasteiger partial charge in [0.1, 0.15) is 95.6 Å². The lowest BCUT2D eigenvalue weighted by Crippen LogP contribution is -2.60. The molecule has 6 aliphatic rings. The highest BCUT2D eigenvalue weighted by molar-refractivity contribution is 6.32. The third-order valence-electron chi connectivity index (χ3n) is 15.6. The summed E-state index contributed by atoms with van der Waals surface area (Å²) in [6.45, 7) is 2.70. The average molecular weight is 1320 g/mol. The van der Waals surface area contributed by atoms with Gasteiger partial charge in [0.25, 0.3) is 0 Å². The van der Waals surface area contributed by atoms with Crippen molar-refractivity contribution >= 4 is 70.5 Å². The van der Waals surface area contributed by atoms with E-state index in [1.54, 1.807) is 0 Å². The van der Waals surface area contributed by atoms with Crippen LogP contribution < -0.4 is 61.9 Å². The number of aliphatic hydroxyl groups excluding tert-OH is 6. The molecule has 14 atom stereocenters. The maximum absolute atomic E-state index is 15.8.